The highest BCUT2D eigenvalue weighted by molar-refractivity contribution is 6.30. The molecule has 1 fully saturated rings. The lowest BCUT2D eigenvalue weighted by atomic mass is 10.2. The average Bonchev–Trinajstić information content (AvgIpc) is 3.05. The van der Waals surface area contributed by atoms with E-state index in [1.807, 2.05) is 88.4 Å². The number of benzene rings is 4. The third-order valence-electron chi connectivity index (χ3n) is 6.66. The number of anilines is 1. The number of nitrogens with zero attached hydrogens (tertiary/aromatic N) is 3. The molecule has 0 atom stereocenters. The zero-order chi connectivity index (χ0) is 35.3. The monoisotopic (exact) mass is 702 g/mol. The molecule has 5 rings (SSSR count). The summed E-state index contributed by atoms with van der Waals surface area (Å²) in [6.07, 6.45) is 0.0328. The van der Waals surface area contributed by atoms with Crippen molar-refractivity contribution in [2.24, 2.45) is 15.7 Å². The first-order valence-electron chi connectivity index (χ1n) is 15.7. The summed E-state index contributed by atoms with van der Waals surface area (Å²) in [6, 6.07) is 29.5. The van der Waals surface area contributed by atoms with Crippen LogP contribution in [-0.2, 0) is 22.7 Å². The third kappa shape index (κ3) is 12.5. The summed E-state index contributed by atoms with van der Waals surface area (Å²) < 4.78 is 11.2. The van der Waals surface area contributed by atoms with E-state index in [0.717, 1.165) is 28.3 Å². The smallest absolute Gasteiger partial charge is 0.239 e. The van der Waals surface area contributed by atoms with Gasteiger partial charge in [-0.05, 0) is 112 Å². The lowest BCUT2D eigenvalue weighted by molar-refractivity contribution is -0.135. The minimum atomic E-state index is -0.370. The predicted molar refractivity (Wildman–Crippen MR) is 197 cm³/mol. The Morgan fingerprint density at radius 1 is 0.796 bits per heavy atom. The minimum Gasteiger partial charge on any atom is -0.491 e. The molecule has 0 unspecified atom stereocenters. The van der Waals surface area contributed by atoms with Gasteiger partial charge in [0.25, 0.3) is 0 Å². The van der Waals surface area contributed by atoms with E-state index < -0.39 is 0 Å². The van der Waals surface area contributed by atoms with Crippen LogP contribution in [0.5, 0.6) is 11.5 Å². The zero-order valence-electron chi connectivity index (χ0n) is 27.8. The van der Waals surface area contributed by atoms with Crippen molar-refractivity contribution in [2.75, 3.05) is 5.32 Å². The maximum atomic E-state index is 12.4. The van der Waals surface area contributed by atoms with Crippen LogP contribution in [0.25, 0.3) is 0 Å². The van der Waals surface area contributed by atoms with Crippen LogP contribution >= 0.6 is 23.2 Å². The summed E-state index contributed by atoms with van der Waals surface area (Å²) in [6.45, 7) is 8.69. The van der Waals surface area contributed by atoms with Crippen LogP contribution in [0.1, 0.15) is 45.2 Å². The number of guanidine groups is 2. The van der Waals surface area contributed by atoms with Crippen LogP contribution in [0.3, 0.4) is 0 Å². The molecule has 0 aromatic heterocycles. The number of hydrogen-bond donors (Lipinski definition) is 3. The van der Waals surface area contributed by atoms with Crippen molar-refractivity contribution in [3.05, 3.63) is 118 Å². The van der Waals surface area contributed by atoms with E-state index in [1.165, 1.54) is 4.90 Å². The molecule has 49 heavy (non-hydrogen) atoms. The van der Waals surface area contributed by atoms with Gasteiger partial charge in [0.15, 0.2) is 5.96 Å². The second kappa shape index (κ2) is 17.9. The molecule has 4 aromatic carbocycles. The Bertz CT molecular complexity index is 1740. The van der Waals surface area contributed by atoms with E-state index in [4.69, 9.17) is 38.4 Å². The maximum absolute atomic E-state index is 12.4. The van der Waals surface area contributed by atoms with Gasteiger partial charge in [0.1, 0.15) is 17.9 Å². The Kier molecular flexibility index (Phi) is 13.4. The van der Waals surface area contributed by atoms with Crippen molar-refractivity contribution in [1.82, 2.24) is 10.2 Å². The van der Waals surface area contributed by atoms with Crippen molar-refractivity contribution in [1.29, 1.82) is 0 Å². The van der Waals surface area contributed by atoms with Crippen LogP contribution in [0.2, 0.25) is 10.0 Å². The Balaban J connectivity index is 0.000000226. The molecule has 1 aliphatic heterocycles. The number of carbonyl (C=O) groups is 2. The molecule has 256 valence electrons. The van der Waals surface area contributed by atoms with Crippen LogP contribution in [0, 0.1) is 0 Å². The number of carbonyl (C=O) groups excluding carboxylic acids is 2. The Hall–Kier alpha value is -5.06. The van der Waals surface area contributed by atoms with E-state index in [2.05, 4.69) is 20.6 Å². The number of ether oxygens (including phenoxy) is 2. The molecule has 2 amide bonds. The molecule has 10 nitrogen and oxygen atoms in total. The SMILES string of the molecule is CC(C)Oc1ccc(N=C2NC(=O)CC(=O)N2Cc2ccc(Cl)cc2)cc1.CC(C)Oc1ccc(NC(N)=NCc2ccc(Cl)cc2)cc1. The van der Waals surface area contributed by atoms with Crippen LogP contribution < -0.4 is 25.8 Å². The van der Waals surface area contributed by atoms with Crippen molar-refractivity contribution < 1.29 is 19.1 Å². The summed E-state index contributed by atoms with van der Waals surface area (Å²) in [5, 5.41) is 7.06. The van der Waals surface area contributed by atoms with Gasteiger partial charge in [-0.3, -0.25) is 19.8 Å². The van der Waals surface area contributed by atoms with Gasteiger partial charge < -0.3 is 20.5 Å². The lowest BCUT2D eigenvalue weighted by Crippen LogP contribution is -2.53. The number of nitrogens with two attached hydrogens (primary N) is 1. The van der Waals surface area contributed by atoms with Gasteiger partial charge >= 0.3 is 0 Å². The Morgan fingerprint density at radius 2 is 1.31 bits per heavy atom. The topological polar surface area (TPSA) is 131 Å². The van der Waals surface area contributed by atoms with Gasteiger partial charge in [-0.25, -0.2) is 9.98 Å². The molecule has 0 saturated carbocycles. The molecule has 0 bridgehead atoms. The van der Waals surface area contributed by atoms with Gasteiger partial charge in [-0.1, -0.05) is 47.5 Å². The van der Waals surface area contributed by atoms with Gasteiger partial charge in [-0.2, -0.15) is 0 Å². The van der Waals surface area contributed by atoms with Gasteiger partial charge in [0, 0.05) is 15.7 Å². The second-order valence-corrected chi connectivity index (χ2v) is 12.4. The number of amides is 2. The fraction of sp³-hybridized carbons (Fsp3) is 0.243. The van der Waals surface area contributed by atoms with E-state index in [1.54, 1.807) is 36.4 Å². The van der Waals surface area contributed by atoms with Crippen LogP contribution in [0.4, 0.5) is 11.4 Å². The minimum absolute atomic E-state index is 0.0762. The molecule has 0 radical (unpaired) electrons. The van der Waals surface area contributed by atoms with Crippen molar-refractivity contribution in [2.45, 2.75) is 59.4 Å². The van der Waals surface area contributed by atoms with Gasteiger partial charge in [0.05, 0.1) is 31.0 Å². The van der Waals surface area contributed by atoms with Gasteiger partial charge in [-0.15, -0.1) is 0 Å². The number of aliphatic imine (C=N–C) groups is 2. The maximum Gasteiger partial charge on any atom is 0.239 e. The summed E-state index contributed by atoms with van der Waals surface area (Å²) in [5.74, 6) is 1.47. The Morgan fingerprint density at radius 3 is 1.84 bits per heavy atom. The van der Waals surface area contributed by atoms with E-state index >= 15 is 0 Å². The van der Waals surface area contributed by atoms with Crippen LogP contribution in [0.15, 0.2) is 107 Å². The largest absolute Gasteiger partial charge is 0.491 e. The predicted octanol–water partition coefficient (Wildman–Crippen LogP) is 7.72. The zero-order valence-corrected chi connectivity index (χ0v) is 29.3. The fourth-order valence-corrected chi connectivity index (χ4v) is 4.70. The first-order chi connectivity index (χ1) is 23.4. The Labute approximate surface area is 296 Å². The number of halogens is 2. The number of hydrogen-bond acceptors (Lipinski definition) is 6. The summed E-state index contributed by atoms with van der Waals surface area (Å²) >= 11 is 11.8. The molecule has 4 N–H and O–H groups in total. The standard InChI is InChI=1S/C20H20ClN3O3.C17H20ClN3O/c1-13(2)27-17-9-7-16(8-10-17)22-20-23-18(25)11-19(26)24(20)12-14-3-5-15(21)6-4-14;1-12(2)22-16-9-7-15(8-10-16)21-17(19)20-11-13-3-5-14(18)6-4-13/h3-10,13H,11-12H2,1-2H3,(H,22,23,25);3-10,12H,11H2,1-2H3,(H3,19,20,21). The van der Waals surface area contributed by atoms with Crippen molar-refractivity contribution in [3.63, 3.8) is 0 Å². The van der Waals surface area contributed by atoms with Crippen LogP contribution in [-0.4, -0.2) is 40.8 Å². The number of nitrogens with one attached hydrogen (secondary N) is 2. The fourth-order valence-electron chi connectivity index (χ4n) is 4.45. The first-order valence-corrected chi connectivity index (χ1v) is 16.5. The molecule has 1 aliphatic rings. The highest BCUT2D eigenvalue weighted by Crippen LogP contribution is 2.22. The van der Waals surface area contributed by atoms with Crippen molar-refractivity contribution >= 4 is 58.3 Å². The molecule has 4 aromatic rings. The summed E-state index contributed by atoms with van der Waals surface area (Å²) in [4.78, 5) is 34.4. The van der Waals surface area contributed by atoms with E-state index in [-0.39, 0.29) is 36.4 Å². The molecule has 0 spiro atoms. The summed E-state index contributed by atoms with van der Waals surface area (Å²) in [5.41, 5.74) is 9.30. The lowest BCUT2D eigenvalue weighted by Gasteiger charge is -2.28. The highest BCUT2D eigenvalue weighted by Gasteiger charge is 2.29. The summed E-state index contributed by atoms with van der Waals surface area (Å²) in [7, 11) is 0. The van der Waals surface area contributed by atoms with Crippen molar-refractivity contribution in [3.8, 4) is 11.5 Å². The molecule has 12 heteroatoms. The average molecular weight is 704 g/mol. The number of rotatable bonds is 10. The van der Waals surface area contributed by atoms with E-state index in [9.17, 15) is 9.59 Å². The molecule has 1 heterocycles. The van der Waals surface area contributed by atoms with E-state index in [0.29, 0.717) is 34.8 Å². The molecular formula is C37H40Cl2N6O4. The molecule has 0 aliphatic carbocycles. The molecular weight excluding hydrogens is 663 g/mol. The quantitative estimate of drug-likeness (QED) is 0.0881. The van der Waals surface area contributed by atoms with Gasteiger partial charge in [0.2, 0.25) is 17.8 Å². The molecule has 1 saturated heterocycles. The second-order valence-electron chi connectivity index (χ2n) is 11.6. The third-order valence-corrected chi connectivity index (χ3v) is 7.16. The highest BCUT2D eigenvalue weighted by atomic mass is 35.5. The first kappa shape index (κ1) is 36.8. The normalized spacial score (nSPS) is 14.0.